The molecule has 0 aliphatic carbocycles. The summed E-state index contributed by atoms with van der Waals surface area (Å²) in [4.78, 5) is 38.5. The highest BCUT2D eigenvalue weighted by Gasteiger charge is 2.24. The summed E-state index contributed by atoms with van der Waals surface area (Å²) >= 11 is 0. The van der Waals surface area contributed by atoms with Gasteiger partial charge in [0.25, 0.3) is 5.56 Å². The average molecular weight is 590 g/mol. The molecule has 10 heteroatoms. The Morgan fingerprint density at radius 1 is 1.14 bits per heavy atom. The van der Waals surface area contributed by atoms with E-state index in [1.165, 1.54) is 6.07 Å². The van der Waals surface area contributed by atoms with Gasteiger partial charge in [-0.3, -0.25) is 18.9 Å². The topological polar surface area (TPSA) is 115 Å². The summed E-state index contributed by atoms with van der Waals surface area (Å²) in [5.74, 6) is -0.277. The van der Waals surface area contributed by atoms with Crippen LogP contribution in [0.15, 0.2) is 61.7 Å². The van der Waals surface area contributed by atoms with E-state index in [1.54, 1.807) is 28.8 Å². The number of hydrogen-bond acceptors (Lipinski definition) is 7. The Balaban J connectivity index is 1.74. The van der Waals surface area contributed by atoms with Crippen molar-refractivity contribution >= 4 is 5.71 Å². The second-order valence-corrected chi connectivity index (χ2v) is 12.0. The molecule has 0 saturated carbocycles. The Morgan fingerprint density at radius 3 is 2.47 bits per heavy atom. The van der Waals surface area contributed by atoms with Gasteiger partial charge in [0.1, 0.15) is 17.7 Å². The molecular formula is C33H40FN5O4. The van der Waals surface area contributed by atoms with Gasteiger partial charge in [0.2, 0.25) is 0 Å². The minimum Gasteiger partial charge on any atom is -0.393 e. The first-order valence-corrected chi connectivity index (χ1v) is 14.7. The van der Waals surface area contributed by atoms with Crippen molar-refractivity contribution in [3.05, 3.63) is 91.8 Å². The van der Waals surface area contributed by atoms with Gasteiger partial charge in [0.05, 0.1) is 18.0 Å². The van der Waals surface area contributed by atoms with Gasteiger partial charge in [-0.2, -0.15) is 0 Å². The van der Waals surface area contributed by atoms with E-state index in [0.29, 0.717) is 51.5 Å². The van der Waals surface area contributed by atoms with Crippen LogP contribution in [-0.2, 0) is 24.2 Å². The van der Waals surface area contributed by atoms with Crippen molar-refractivity contribution in [1.29, 1.82) is 0 Å². The van der Waals surface area contributed by atoms with Gasteiger partial charge in [-0.1, -0.05) is 80.8 Å². The molecule has 2 aromatic heterocycles. The van der Waals surface area contributed by atoms with Crippen LogP contribution in [0.3, 0.4) is 0 Å². The van der Waals surface area contributed by atoms with Crippen molar-refractivity contribution in [1.82, 2.24) is 19.7 Å². The van der Waals surface area contributed by atoms with Crippen LogP contribution >= 0.6 is 0 Å². The lowest BCUT2D eigenvalue weighted by molar-refractivity contribution is 0.0829. The maximum absolute atomic E-state index is 15.7. The zero-order chi connectivity index (χ0) is 31.3. The molecule has 4 aromatic rings. The highest BCUT2D eigenvalue weighted by molar-refractivity contribution is 5.88. The van der Waals surface area contributed by atoms with Crippen LogP contribution in [0.1, 0.15) is 77.0 Å². The number of nitrogens with zero attached hydrogens (tertiary/aromatic N) is 4. The fraction of sp³-hybridized carbons (Fsp3) is 0.424. The summed E-state index contributed by atoms with van der Waals surface area (Å²) in [6.45, 7) is 14.0. The monoisotopic (exact) mass is 589 g/mol. The van der Waals surface area contributed by atoms with E-state index in [2.05, 4.69) is 26.7 Å². The van der Waals surface area contributed by atoms with Crippen LogP contribution < -0.4 is 11.3 Å². The Hall–Kier alpha value is -4.34. The highest BCUT2D eigenvalue weighted by atomic mass is 19.1. The van der Waals surface area contributed by atoms with Gasteiger partial charge in [0.15, 0.2) is 5.82 Å². The van der Waals surface area contributed by atoms with Gasteiger partial charge in [-0.05, 0) is 56.4 Å². The van der Waals surface area contributed by atoms with E-state index in [0.717, 1.165) is 12.8 Å². The number of oxime groups is 1. The predicted octanol–water partition coefficient (Wildman–Crippen LogP) is 6.46. The first-order valence-electron chi connectivity index (χ1n) is 14.7. The van der Waals surface area contributed by atoms with Crippen molar-refractivity contribution in [3.8, 4) is 22.5 Å². The second kappa shape index (κ2) is 13.3. The van der Waals surface area contributed by atoms with Crippen molar-refractivity contribution in [2.24, 2.45) is 10.6 Å². The number of unbranched alkanes of at least 4 members (excludes halogenated alkanes) is 1. The molecule has 0 aliphatic rings. The van der Waals surface area contributed by atoms with E-state index >= 15 is 4.39 Å². The fourth-order valence-corrected chi connectivity index (χ4v) is 4.73. The molecule has 0 aliphatic heterocycles. The lowest BCUT2D eigenvalue weighted by Gasteiger charge is -2.24. The van der Waals surface area contributed by atoms with Crippen LogP contribution in [0.2, 0.25) is 0 Å². The molecule has 0 saturated heterocycles. The maximum atomic E-state index is 15.7. The third-order valence-corrected chi connectivity index (χ3v) is 7.21. The molecule has 228 valence electrons. The minimum atomic E-state index is -0.670. The summed E-state index contributed by atoms with van der Waals surface area (Å²) in [6.07, 6.45) is 2.43. The third kappa shape index (κ3) is 7.55. The number of benzene rings is 2. The van der Waals surface area contributed by atoms with Crippen molar-refractivity contribution < 1.29 is 13.8 Å². The number of nitrogens with one attached hydrogen (secondary N) is 1. The number of halogens is 1. The highest BCUT2D eigenvalue weighted by Crippen LogP contribution is 2.31. The Labute approximate surface area is 250 Å². The van der Waals surface area contributed by atoms with E-state index < -0.39 is 11.6 Å². The number of H-pyrrole nitrogens is 1. The molecule has 0 unspecified atom stereocenters. The average Bonchev–Trinajstić information content (AvgIpc) is 3.39. The molecule has 0 atom stereocenters. The molecular weight excluding hydrogens is 549 g/mol. The maximum Gasteiger partial charge on any atom is 0.439 e. The molecule has 2 heterocycles. The smallest absolute Gasteiger partial charge is 0.393 e. The number of rotatable bonds is 11. The molecule has 9 nitrogen and oxygen atoms in total. The SMILES string of the molecule is CCCCc1nc(C)n(C/C(=N\OC(C)C)C(C)(C)C)c(=O)c1Cc1ccc(-c2ccccc2-c2noc(=O)[nH]2)cc1F. The number of aromatic amines is 1. The van der Waals surface area contributed by atoms with Gasteiger partial charge >= 0.3 is 5.76 Å². The summed E-state index contributed by atoms with van der Waals surface area (Å²) in [5, 5.41) is 8.17. The van der Waals surface area contributed by atoms with Crippen LogP contribution in [0.5, 0.6) is 0 Å². The van der Waals surface area contributed by atoms with Gasteiger partial charge in [0, 0.05) is 23.0 Å². The first kappa shape index (κ1) is 31.6. The Kier molecular flexibility index (Phi) is 9.78. The molecule has 0 fully saturated rings. The van der Waals surface area contributed by atoms with Crippen molar-refractivity contribution in [3.63, 3.8) is 0 Å². The molecule has 0 amide bonds. The fourth-order valence-electron chi connectivity index (χ4n) is 4.73. The summed E-state index contributed by atoms with van der Waals surface area (Å²) in [5.41, 5.74) is 3.59. The predicted molar refractivity (Wildman–Crippen MR) is 166 cm³/mol. The van der Waals surface area contributed by atoms with Crippen LogP contribution in [0, 0.1) is 18.2 Å². The van der Waals surface area contributed by atoms with E-state index in [1.807, 2.05) is 53.7 Å². The molecule has 4 rings (SSSR count). The standard InChI is InChI=1S/C33H40FN5O4/c1-8-9-14-28-26(31(40)39(21(4)35-28)19-29(33(5,6)7)37-42-20(2)3)17-23-16-15-22(18-27(23)34)24-12-10-11-13-25(24)30-36-32(41)43-38-30/h10-13,15-16,18,20H,8-9,14,17,19H2,1-7H3,(H,36,38,41)/b37-29+. The number of aryl methyl sites for hydroxylation is 2. The normalized spacial score (nSPS) is 12.3. The van der Waals surface area contributed by atoms with Crippen molar-refractivity contribution in [2.75, 3.05) is 0 Å². The lowest BCUT2D eigenvalue weighted by atomic mass is 9.90. The van der Waals surface area contributed by atoms with E-state index in [4.69, 9.17) is 9.82 Å². The lowest BCUT2D eigenvalue weighted by Crippen LogP contribution is -2.35. The summed E-state index contributed by atoms with van der Waals surface area (Å²) in [7, 11) is 0. The van der Waals surface area contributed by atoms with E-state index in [-0.39, 0.29) is 35.9 Å². The molecule has 0 spiro atoms. The zero-order valence-electron chi connectivity index (χ0n) is 26.0. The molecule has 2 aromatic carbocycles. The zero-order valence-corrected chi connectivity index (χ0v) is 26.0. The summed E-state index contributed by atoms with van der Waals surface area (Å²) < 4.78 is 22.0. The number of hydrogen-bond donors (Lipinski definition) is 1. The van der Waals surface area contributed by atoms with Gasteiger partial charge in [-0.15, -0.1) is 0 Å². The van der Waals surface area contributed by atoms with Crippen LogP contribution in [0.25, 0.3) is 22.5 Å². The molecule has 43 heavy (non-hydrogen) atoms. The third-order valence-electron chi connectivity index (χ3n) is 7.21. The van der Waals surface area contributed by atoms with Gasteiger partial charge in [-0.25, -0.2) is 14.2 Å². The first-order chi connectivity index (χ1) is 20.4. The van der Waals surface area contributed by atoms with Crippen LogP contribution in [-0.4, -0.2) is 31.5 Å². The quantitative estimate of drug-likeness (QED) is 0.159. The Bertz CT molecular complexity index is 1730. The minimum absolute atomic E-state index is 0.0972. The number of aromatic nitrogens is 4. The second-order valence-electron chi connectivity index (χ2n) is 12.0. The summed E-state index contributed by atoms with van der Waals surface area (Å²) in [6, 6.07) is 12.1. The molecule has 1 N–H and O–H groups in total. The largest absolute Gasteiger partial charge is 0.439 e. The van der Waals surface area contributed by atoms with Crippen LogP contribution in [0.4, 0.5) is 4.39 Å². The molecule has 0 radical (unpaired) electrons. The van der Waals surface area contributed by atoms with Crippen molar-refractivity contribution in [2.45, 2.75) is 86.8 Å². The Morgan fingerprint density at radius 2 is 1.86 bits per heavy atom. The van der Waals surface area contributed by atoms with E-state index in [9.17, 15) is 9.59 Å². The molecule has 0 bridgehead atoms. The van der Waals surface area contributed by atoms with Gasteiger partial charge < -0.3 is 4.84 Å².